The third kappa shape index (κ3) is 2.82. The molecule has 1 aliphatic heterocycles. The van der Waals surface area contributed by atoms with Crippen molar-refractivity contribution in [3.05, 3.63) is 29.8 Å². The van der Waals surface area contributed by atoms with Crippen molar-refractivity contribution < 1.29 is 24.3 Å². The summed E-state index contributed by atoms with van der Waals surface area (Å²) in [5, 5.41) is 12.4. The Balaban J connectivity index is 2.10. The number of anilines is 1. The molecule has 1 aliphatic rings. The third-order valence-electron chi connectivity index (χ3n) is 2.83. The van der Waals surface area contributed by atoms with Crippen molar-refractivity contribution in [2.24, 2.45) is 0 Å². The molecule has 1 fully saturated rings. The first kappa shape index (κ1) is 13.7. The Morgan fingerprint density at radius 2 is 1.65 bits per heavy atom. The molecule has 0 radical (unpaired) electrons. The van der Waals surface area contributed by atoms with Gasteiger partial charge in [0.2, 0.25) is 11.8 Å². The Hall–Kier alpha value is -2.70. The minimum atomic E-state index is -1.39. The summed E-state index contributed by atoms with van der Waals surface area (Å²) in [6, 6.07) is 5.77. The summed E-state index contributed by atoms with van der Waals surface area (Å²) in [5.41, 5.74) is 0.628. The van der Waals surface area contributed by atoms with Crippen LogP contribution in [0.3, 0.4) is 0 Å². The van der Waals surface area contributed by atoms with E-state index >= 15 is 0 Å². The van der Waals surface area contributed by atoms with Gasteiger partial charge in [0, 0.05) is 18.4 Å². The van der Waals surface area contributed by atoms with E-state index in [0.29, 0.717) is 5.69 Å². The standard InChI is InChI=1S/C13H12N2O5/c16-10-5-6-11(17)15(10)9-3-1-8(2-4-9)13(20)14-7-12(18)19/h1-4H,5-7H2,(H,14,20)(H,18,19)/p-1. The lowest BCUT2D eigenvalue weighted by Gasteiger charge is -2.14. The predicted octanol–water partition coefficient (Wildman–Crippen LogP) is -1.18. The molecule has 1 heterocycles. The smallest absolute Gasteiger partial charge is 0.251 e. The molecule has 1 saturated heterocycles. The molecule has 0 atom stereocenters. The van der Waals surface area contributed by atoms with Crippen LogP contribution in [0.5, 0.6) is 0 Å². The van der Waals surface area contributed by atoms with Gasteiger partial charge in [-0.25, -0.2) is 0 Å². The van der Waals surface area contributed by atoms with Gasteiger partial charge in [-0.15, -0.1) is 0 Å². The lowest BCUT2D eigenvalue weighted by molar-refractivity contribution is -0.303. The van der Waals surface area contributed by atoms with E-state index in [1.165, 1.54) is 24.3 Å². The van der Waals surface area contributed by atoms with Crippen LogP contribution in [0.4, 0.5) is 5.69 Å². The summed E-state index contributed by atoms with van der Waals surface area (Å²) in [6.07, 6.45) is 0.374. The van der Waals surface area contributed by atoms with E-state index in [0.717, 1.165) is 4.90 Å². The maximum Gasteiger partial charge on any atom is 0.251 e. The van der Waals surface area contributed by atoms with Crippen molar-refractivity contribution in [2.75, 3.05) is 11.4 Å². The minimum absolute atomic E-state index is 0.187. The van der Waals surface area contributed by atoms with Gasteiger partial charge in [0.15, 0.2) is 0 Å². The fourth-order valence-electron chi connectivity index (χ4n) is 1.88. The van der Waals surface area contributed by atoms with Gasteiger partial charge < -0.3 is 15.2 Å². The molecule has 0 unspecified atom stereocenters. The quantitative estimate of drug-likeness (QED) is 0.696. The molecule has 0 bridgehead atoms. The lowest BCUT2D eigenvalue weighted by atomic mass is 10.2. The SMILES string of the molecule is O=C([O-])CNC(=O)c1ccc(N2C(=O)CCC2=O)cc1. The van der Waals surface area contributed by atoms with Crippen LogP contribution in [-0.4, -0.2) is 30.2 Å². The number of hydrogen-bond acceptors (Lipinski definition) is 5. The van der Waals surface area contributed by atoms with E-state index in [1.54, 1.807) is 0 Å². The van der Waals surface area contributed by atoms with Crippen molar-refractivity contribution in [1.82, 2.24) is 5.32 Å². The fourth-order valence-corrected chi connectivity index (χ4v) is 1.88. The van der Waals surface area contributed by atoms with Crippen molar-refractivity contribution >= 4 is 29.4 Å². The van der Waals surface area contributed by atoms with Crippen molar-refractivity contribution in [3.8, 4) is 0 Å². The Morgan fingerprint density at radius 3 is 2.15 bits per heavy atom. The summed E-state index contributed by atoms with van der Waals surface area (Å²) in [7, 11) is 0. The topological polar surface area (TPSA) is 107 Å². The maximum atomic E-state index is 11.6. The molecule has 7 nitrogen and oxygen atoms in total. The summed E-state index contributed by atoms with van der Waals surface area (Å²) < 4.78 is 0. The zero-order valence-corrected chi connectivity index (χ0v) is 10.4. The molecule has 0 aromatic heterocycles. The predicted molar refractivity (Wildman–Crippen MR) is 65.5 cm³/mol. The average Bonchev–Trinajstić information content (AvgIpc) is 2.76. The van der Waals surface area contributed by atoms with Crippen LogP contribution in [0.2, 0.25) is 0 Å². The number of carbonyl (C=O) groups is 4. The first-order valence-corrected chi connectivity index (χ1v) is 5.93. The normalized spacial score (nSPS) is 14.5. The molecule has 0 saturated carbocycles. The van der Waals surface area contributed by atoms with Crippen molar-refractivity contribution in [2.45, 2.75) is 12.8 Å². The second-order valence-electron chi connectivity index (χ2n) is 4.22. The van der Waals surface area contributed by atoms with Crippen LogP contribution in [0.25, 0.3) is 0 Å². The van der Waals surface area contributed by atoms with Crippen LogP contribution in [0.15, 0.2) is 24.3 Å². The molecule has 0 aliphatic carbocycles. The van der Waals surface area contributed by atoms with Crippen LogP contribution >= 0.6 is 0 Å². The van der Waals surface area contributed by atoms with Gasteiger partial charge in [-0.2, -0.15) is 0 Å². The second kappa shape index (κ2) is 5.52. The highest BCUT2D eigenvalue weighted by Crippen LogP contribution is 2.22. The van der Waals surface area contributed by atoms with E-state index in [9.17, 15) is 24.3 Å². The van der Waals surface area contributed by atoms with Crippen LogP contribution in [-0.2, 0) is 14.4 Å². The summed E-state index contributed by atoms with van der Waals surface area (Å²) in [6.45, 7) is -0.580. The monoisotopic (exact) mass is 275 g/mol. The molecule has 0 spiro atoms. The summed E-state index contributed by atoms with van der Waals surface area (Å²) >= 11 is 0. The first-order chi connectivity index (χ1) is 9.49. The number of amides is 3. The average molecular weight is 275 g/mol. The van der Waals surface area contributed by atoms with E-state index in [4.69, 9.17) is 0 Å². The molecule has 3 amide bonds. The largest absolute Gasteiger partial charge is 0.548 e. The zero-order valence-electron chi connectivity index (χ0n) is 10.4. The Morgan fingerprint density at radius 1 is 1.10 bits per heavy atom. The van der Waals surface area contributed by atoms with E-state index in [2.05, 4.69) is 5.32 Å². The number of carboxylic acids is 1. The van der Waals surface area contributed by atoms with Gasteiger partial charge in [0.25, 0.3) is 5.91 Å². The van der Waals surface area contributed by atoms with Gasteiger partial charge in [-0.3, -0.25) is 19.3 Å². The summed E-state index contributed by atoms with van der Waals surface area (Å²) in [5.74, 6) is -2.50. The zero-order chi connectivity index (χ0) is 14.7. The number of benzene rings is 1. The highest BCUT2D eigenvalue weighted by molar-refractivity contribution is 6.19. The number of carboxylic acid groups (broad SMARTS) is 1. The van der Waals surface area contributed by atoms with Gasteiger partial charge in [0.05, 0.1) is 18.2 Å². The van der Waals surface area contributed by atoms with Crippen molar-refractivity contribution in [3.63, 3.8) is 0 Å². The summed E-state index contributed by atoms with van der Waals surface area (Å²) in [4.78, 5) is 45.9. The Labute approximate surface area is 114 Å². The number of aliphatic carboxylic acids is 1. The van der Waals surface area contributed by atoms with Gasteiger partial charge in [-0.05, 0) is 24.3 Å². The Bertz CT molecular complexity index is 563. The molecule has 1 aromatic carbocycles. The highest BCUT2D eigenvalue weighted by Gasteiger charge is 2.30. The van der Waals surface area contributed by atoms with Gasteiger partial charge in [-0.1, -0.05) is 0 Å². The number of rotatable bonds is 4. The number of imide groups is 1. The molecule has 1 N–H and O–H groups in total. The molecule has 1 aromatic rings. The molecule has 20 heavy (non-hydrogen) atoms. The molecular formula is C13H11N2O5-. The van der Waals surface area contributed by atoms with Crippen LogP contribution < -0.4 is 15.3 Å². The maximum absolute atomic E-state index is 11.6. The molecule has 2 rings (SSSR count). The van der Waals surface area contributed by atoms with E-state index in [-0.39, 0.29) is 30.2 Å². The lowest BCUT2D eigenvalue weighted by Crippen LogP contribution is -2.37. The number of nitrogens with one attached hydrogen (secondary N) is 1. The second-order valence-corrected chi connectivity index (χ2v) is 4.22. The van der Waals surface area contributed by atoms with Crippen molar-refractivity contribution in [1.29, 1.82) is 0 Å². The Kier molecular flexibility index (Phi) is 3.79. The molecular weight excluding hydrogens is 264 g/mol. The molecule has 7 heteroatoms. The van der Waals surface area contributed by atoms with E-state index < -0.39 is 18.4 Å². The van der Waals surface area contributed by atoms with Crippen LogP contribution in [0, 0.1) is 0 Å². The first-order valence-electron chi connectivity index (χ1n) is 5.93. The number of nitrogens with zero attached hydrogens (tertiary/aromatic N) is 1. The minimum Gasteiger partial charge on any atom is -0.548 e. The van der Waals surface area contributed by atoms with Gasteiger partial charge in [0.1, 0.15) is 0 Å². The van der Waals surface area contributed by atoms with Crippen LogP contribution in [0.1, 0.15) is 23.2 Å². The highest BCUT2D eigenvalue weighted by atomic mass is 16.4. The molecule has 104 valence electrons. The number of carbonyl (C=O) groups excluding carboxylic acids is 4. The number of hydrogen-bond donors (Lipinski definition) is 1. The third-order valence-corrected chi connectivity index (χ3v) is 2.83. The fraction of sp³-hybridized carbons (Fsp3) is 0.231. The van der Waals surface area contributed by atoms with Gasteiger partial charge >= 0.3 is 0 Å². The van der Waals surface area contributed by atoms with E-state index in [1.807, 2.05) is 0 Å².